The topological polar surface area (TPSA) is 71.5 Å². The lowest BCUT2D eigenvalue weighted by Crippen LogP contribution is -2.56. The fraction of sp³-hybridized carbons (Fsp3) is 0.650. The van der Waals surface area contributed by atoms with Crippen LogP contribution in [-0.4, -0.2) is 40.1 Å². The molecule has 1 unspecified atom stereocenters. The molecule has 6 nitrogen and oxygen atoms in total. The minimum absolute atomic E-state index is 0.0286. The maximum Gasteiger partial charge on any atom is 0.245 e. The number of carbonyl (C=O) groups is 2. The number of nitrogens with one attached hydrogen (secondary N) is 1. The van der Waals surface area contributed by atoms with Crippen LogP contribution in [0.2, 0.25) is 0 Å². The van der Waals surface area contributed by atoms with E-state index >= 15 is 0 Å². The highest BCUT2D eigenvalue weighted by Crippen LogP contribution is 2.41. The van der Waals surface area contributed by atoms with Gasteiger partial charge in [-0.1, -0.05) is 26.3 Å². The summed E-state index contributed by atoms with van der Waals surface area (Å²) in [5, 5.41) is 2.95. The molecule has 26 heavy (non-hydrogen) atoms. The van der Waals surface area contributed by atoms with Crippen molar-refractivity contribution in [3.63, 3.8) is 0 Å². The van der Waals surface area contributed by atoms with Gasteiger partial charge >= 0.3 is 0 Å². The Morgan fingerprint density at radius 1 is 1.35 bits per heavy atom. The second-order valence-electron chi connectivity index (χ2n) is 7.77. The summed E-state index contributed by atoms with van der Waals surface area (Å²) in [7, 11) is 0. The van der Waals surface area contributed by atoms with Crippen LogP contribution in [-0.2, 0) is 20.9 Å². The summed E-state index contributed by atoms with van der Waals surface area (Å²) in [5.74, 6) is 0.136. The molecule has 2 heterocycles. The van der Waals surface area contributed by atoms with E-state index in [0.717, 1.165) is 37.7 Å². The van der Waals surface area contributed by atoms with Gasteiger partial charge in [0.05, 0.1) is 6.61 Å². The van der Waals surface area contributed by atoms with Gasteiger partial charge in [-0.3, -0.25) is 19.5 Å². The zero-order chi connectivity index (χ0) is 18.6. The Kier molecular flexibility index (Phi) is 5.91. The van der Waals surface area contributed by atoms with Gasteiger partial charge in [-0.05, 0) is 43.2 Å². The van der Waals surface area contributed by atoms with Gasteiger partial charge in [-0.15, -0.1) is 0 Å². The highest BCUT2D eigenvalue weighted by Gasteiger charge is 2.52. The number of hydrogen-bond acceptors (Lipinski definition) is 4. The second-order valence-corrected chi connectivity index (χ2v) is 7.77. The Morgan fingerprint density at radius 2 is 2.12 bits per heavy atom. The summed E-state index contributed by atoms with van der Waals surface area (Å²) < 4.78 is 6.11. The van der Waals surface area contributed by atoms with Gasteiger partial charge in [-0.2, -0.15) is 0 Å². The maximum atomic E-state index is 13.0. The molecule has 3 rings (SSSR count). The average molecular weight is 359 g/mol. The third-order valence-corrected chi connectivity index (χ3v) is 5.24. The first kappa shape index (κ1) is 18.8. The number of pyridine rings is 1. The van der Waals surface area contributed by atoms with Crippen molar-refractivity contribution in [3.8, 4) is 0 Å². The first-order chi connectivity index (χ1) is 12.5. The smallest absolute Gasteiger partial charge is 0.245 e. The van der Waals surface area contributed by atoms with Crippen molar-refractivity contribution in [2.75, 3.05) is 6.61 Å². The van der Waals surface area contributed by atoms with Crippen molar-refractivity contribution >= 4 is 11.8 Å². The number of aromatic nitrogens is 1. The summed E-state index contributed by atoms with van der Waals surface area (Å²) in [6.45, 7) is 4.74. The average Bonchev–Trinajstić information content (AvgIpc) is 2.99. The summed E-state index contributed by atoms with van der Waals surface area (Å²) >= 11 is 0. The van der Waals surface area contributed by atoms with Gasteiger partial charge in [0.2, 0.25) is 11.8 Å². The molecule has 1 saturated heterocycles. The van der Waals surface area contributed by atoms with E-state index in [1.807, 2.05) is 26.0 Å². The SMILES string of the molecule is CC(C)CC(=O)N1C(C(=O)NCc2cccnc2)COC12CCCCC2. The number of carbonyl (C=O) groups excluding carboxylic acids is 2. The van der Waals surface area contributed by atoms with Crippen molar-refractivity contribution in [1.29, 1.82) is 0 Å². The van der Waals surface area contributed by atoms with Gasteiger partial charge in [0, 0.05) is 25.4 Å². The summed E-state index contributed by atoms with van der Waals surface area (Å²) in [6.07, 6.45) is 8.76. The standard InChI is InChI=1S/C20H29N3O3/c1-15(2)11-18(24)23-17(14-26-20(23)8-4-3-5-9-20)19(25)22-13-16-7-6-10-21-12-16/h6-7,10,12,15,17H,3-5,8-9,11,13-14H2,1-2H3,(H,22,25). The Labute approximate surface area is 155 Å². The fourth-order valence-electron chi connectivity index (χ4n) is 4.00. The van der Waals surface area contributed by atoms with Crippen LogP contribution >= 0.6 is 0 Å². The number of ether oxygens (including phenoxy) is 1. The molecule has 142 valence electrons. The predicted molar refractivity (Wildman–Crippen MR) is 97.9 cm³/mol. The minimum Gasteiger partial charge on any atom is -0.353 e. The predicted octanol–water partition coefficient (Wildman–Crippen LogP) is 2.63. The number of amides is 2. The highest BCUT2D eigenvalue weighted by atomic mass is 16.5. The fourth-order valence-corrected chi connectivity index (χ4v) is 4.00. The van der Waals surface area contributed by atoms with E-state index in [0.29, 0.717) is 13.0 Å². The molecule has 6 heteroatoms. The molecular formula is C20H29N3O3. The van der Waals surface area contributed by atoms with Gasteiger partial charge < -0.3 is 10.1 Å². The van der Waals surface area contributed by atoms with E-state index in [1.54, 1.807) is 17.3 Å². The summed E-state index contributed by atoms with van der Waals surface area (Å²) in [6, 6.07) is 3.22. The number of hydrogen-bond donors (Lipinski definition) is 1. The van der Waals surface area contributed by atoms with Crippen molar-refractivity contribution in [3.05, 3.63) is 30.1 Å². The maximum absolute atomic E-state index is 13.0. The van der Waals surface area contributed by atoms with E-state index in [9.17, 15) is 9.59 Å². The van der Waals surface area contributed by atoms with Crippen LogP contribution in [0.25, 0.3) is 0 Å². The first-order valence-electron chi connectivity index (χ1n) is 9.64. The molecule has 1 aliphatic carbocycles. The quantitative estimate of drug-likeness (QED) is 0.877. The molecule has 1 N–H and O–H groups in total. The zero-order valence-corrected chi connectivity index (χ0v) is 15.7. The molecule has 0 bridgehead atoms. The molecule has 2 amide bonds. The minimum atomic E-state index is -0.583. The van der Waals surface area contributed by atoms with Gasteiger partial charge in [0.15, 0.2) is 0 Å². The zero-order valence-electron chi connectivity index (χ0n) is 15.7. The molecule has 2 aliphatic rings. The molecule has 1 aliphatic heterocycles. The third kappa shape index (κ3) is 4.06. The van der Waals surface area contributed by atoms with Crippen LogP contribution in [0.1, 0.15) is 57.9 Å². The Morgan fingerprint density at radius 3 is 2.77 bits per heavy atom. The van der Waals surface area contributed by atoms with Crippen molar-refractivity contribution in [2.45, 2.75) is 70.7 Å². The van der Waals surface area contributed by atoms with Crippen molar-refractivity contribution < 1.29 is 14.3 Å². The monoisotopic (exact) mass is 359 g/mol. The van der Waals surface area contributed by atoms with Crippen molar-refractivity contribution in [1.82, 2.24) is 15.2 Å². The largest absolute Gasteiger partial charge is 0.353 e. The van der Waals surface area contributed by atoms with E-state index in [4.69, 9.17) is 4.74 Å². The molecule has 1 atom stereocenters. The summed E-state index contributed by atoms with van der Waals surface area (Å²) in [4.78, 5) is 31.6. The third-order valence-electron chi connectivity index (χ3n) is 5.24. The van der Waals surface area contributed by atoms with E-state index < -0.39 is 11.8 Å². The van der Waals surface area contributed by atoms with Crippen LogP contribution in [0, 0.1) is 5.92 Å². The van der Waals surface area contributed by atoms with Gasteiger partial charge in [-0.25, -0.2) is 0 Å². The van der Waals surface area contributed by atoms with E-state index in [-0.39, 0.29) is 24.3 Å². The van der Waals surface area contributed by atoms with Gasteiger partial charge in [0.25, 0.3) is 0 Å². The van der Waals surface area contributed by atoms with Crippen LogP contribution < -0.4 is 5.32 Å². The van der Waals surface area contributed by atoms with Crippen LogP contribution in [0.4, 0.5) is 0 Å². The molecule has 1 aromatic rings. The number of nitrogens with zero attached hydrogens (tertiary/aromatic N) is 2. The molecule has 0 radical (unpaired) electrons. The molecule has 0 aromatic carbocycles. The molecule has 1 saturated carbocycles. The summed E-state index contributed by atoms with van der Waals surface area (Å²) in [5.41, 5.74) is 0.354. The molecular weight excluding hydrogens is 330 g/mol. The van der Waals surface area contributed by atoms with Crippen molar-refractivity contribution in [2.24, 2.45) is 5.92 Å². The highest BCUT2D eigenvalue weighted by molar-refractivity contribution is 5.88. The van der Waals surface area contributed by atoms with Crippen LogP contribution in [0.5, 0.6) is 0 Å². The lowest BCUT2D eigenvalue weighted by atomic mass is 9.89. The Hall–Kier alpha value is -1.95. The Balaban J connectivity index is 1.73. The lowest BCUT2D eigenvalue weighted by Gasteiger charge is -2.41. The Bertz CT molecular complexity index is 626. The molecule has 2 fully saturated rings. The van der Waals surface area contributed by atoms with Crippen LogP contribution in [0.15, 0.2) is 24.5 Å². The van der Waals surface area contributed by atoms with E-state index in [2.05, 4.69) is 10.3 Å². The van der Waals surface area contributed by atoms with Crippen LogP contribution in [0.3, 0.4) is 0 Å². The lowest BCUT2D eigenvalue weighted by molar-refractivity contribution is -0.160. The first-order valence-corrected chi connectivity index (χ1v) is 9.64. The second kappa shape index (κ2) is 8.16. The number of rotatable bonds is 5. The van der Waals surface area contributed by atoms with E-state index in [1.165, 1.54) is 0 Å². The molecule has 1 spiro atoms. The normalized spacial score (nSPS) is 22.0. The van der Waals surface area contributed by atoms with Gasteiger partial charge in [0.1, 0.15) is 11.8 Å². The molecule has 1 aromatic heterocycles.